The molecule has 0 amide bonds. The topological polar surface area (TPSA) is 26.3 Å². The third-order valence-electron chi connectivity index (χ3n) is 5.10. The van der Waals surface area contributed by atoms with Crippen molar-refractivity contribution >= 4 is 5.97 Å². The molecular weight excluding hydrogens is 320 g/mol. The van der Waals surface area contributed by atoms with Crippen molar-refractivity contribution in [3.63, 3.8) is 0 Å². The van der Waals surface area contributed by atoms with Crippen LogP contribution in [0.4, 0.5) is 0 Å². The van der Waals surface area contributed by atoms with E-state index in [0.29, 0.717) is 13.0 Å². The van der Waals surface area contributed by atoms with Gasteiger partial charge in [0.15, 0.2) is 0 Å². The molecule has 0 aliphatic rings. The molecule has 156 valence electrons. The van der Waals surface area contributed by atoms with Crippen molar-refractivity contribution in [3.05, 3.63) is 0 Å². The molecule has 0 aromatic rings. The first kappa shape index (κ1) is 25.5. The van der Waals surface area contributed by atoms with Crippen LogP contribution in [-0.2, 0) is 9.53 Å². The van der Waals surface area contributed by atoms with E-state index in [1.54, 1.807) is 0 Å². The Kier molecular flexibility index (Phi) is 18.8. The molecule has 0 heterocycles. The molecule has 0 aliphatic carbocycles. The summed E-state index contributed by atoms with van der Waals surface area (Å²) in [5.74, 6) is 1.66. The van der Waals surface area contributed by atoms with Crippen molar-refractivity contribution in [2.24, 2.45) is 11.8 Å². The Morgan fingerprint density at radius 2 is 0.962 bits per heavy atom. The standard InChI is InChI=1S/C24H48O2/c1-22(2)18-14-11-9-7-5-6-8-10-12-16-20-24(25)26-21-17-13-15-19-23(3)4/h22-23H,5-21H2,1-4H3. The van der Waals surface area contributed by atoms with Crippen molar-refractivity contribution in [2.75, 3.05) is 6.61 Å². The minimum atomic E-state index is 0.00950. The molecule has 0 aromatic carbocycles. The fourth-order valence-corrected chi connectivity index (χ4v) is 3.33. The van der Waals surface area contributed by atoms with Crippen molar-refractivity contribution < 1.29 is 9.53 Å². The van der Waals surface area contributed by atoms with Crippen LogP contribution >= 0.6 is 0 Å². The van der Waals surface area contributed by atoms with Gasteiger partial charge in [0.25, 0.3) is 0 Å². The van der Waals surface area contributed by atoms with Gasteiger partial charge in [-0.1, -0.05) is 111 Å². The third kappa shape index (κ3) is 21.5. The van der Waals surface area contributed by atoms with Gasteiger partial charge in [-0.15, -0.1) is 0 Å². The van der Waals surface area contributed by atoms with Gasteiger partial charge in [-0.05, 0) is 24.7 Å². The normalized spacial score (nSPS) is 11.5. The largest absolute Gasteiger partial charge is 0.466 e. The van der Waals surface area contributed by atoms with Crippen molar-refractivity contribution in [1.29, 1.82) is 0 Å². The Bertz CT molecular complexity index is 297. The first-order valence-corrected chi connectivity index (χ1v) is 11.7. The maximum absolute atomic E-state index is 11.7. The number of esters is 1. The van der Waals surface area contributed by atoms with Gasteiger partial charge in [-0.3, -0.25) is 4.79 Å². The molecular formula is C24H48O2. The monoisotopic (exact) mass is 368 g/mol. The summed E-state index contributed by atoms with van der Waals surface area (Å²) in [6.07, 6.45) is 19.9. The Hall–Kier alpha value is -0.530. The molecule has 0 saturated heterocycles. The van der Waals surface area contributed by atoms with E-state index in [9.17, 15) is 4.79 Å². The Morgan fingerprint density at radius 3 is 1.42 bits per heavy atom. The second kappa shape index (κ2) is 19.2. The fourth-order valence-electron chi connectivity index (χ4n) is 3.33. The number of carbonyl (C=O) groups excluding carboxylic acids is 1. The lowest BCUT2D eigenvalue weighted by Crippen LogP contribution is -2.05. The van der Waals surface area contributed by atoms with Gasteiger partial charge in [-0.25, -0.2) is 0 Å². The van der Waals surface area contributed by atoms with Crippen LogP contribution in [0.2, 0.25) is 0 Å². The average molecular weight is 369 g/mol. The van der Waals surface area contributed by atoms with Gasteiger partial charge < -0.3 is 4.74 Å². The SMILES string of the molecule is CC(C)CCCCCCCCCCCCC(=O)OCCCCCC(C)C. The maximum atomic E-state index is 11.7. The minimum absolute atomic E-state index is 0.00950. The zero-order valence-corrected chi connectivity index (χ0v) is 18.5. The number of hydrogen-bond donors (Lipinski definition) is 0. The molecule has 26 heavy (non-hydrogen) atoms. The van der Waals surface area contributed by atoms with E-state index in [1.165, 1.54) is 83.5 Å². The van der Waals surface area contributed by atoms with Crippen LogP contribution in [0.5, 0.6) is 0 Å². The minimum Gasteiger partial charge on any atom is -0.466 e. The summed E-state index contributed by atoms with van der Waals surface area (Å²) >= 11 is 0. The molecule has 0 unspecified atom stereocenters. The molecule has 2 nitrogen and oxygen atoms in total. The highest BCUT2D eigenvalue weighted by atomic mass is 16.5. The molecule has 0 bridgehead atoms. The lowest BCUT2D eigenvalue weighted by molar-refractivity contribution is -0.143. The van der Waals surface area contributed by atoms with Crippen LogP contribution in [0.1, 0.15) is 130 Å². The van der Waals surface area contributed by atoms with Crippen LogP contribution in [0.25, 0.3) is 0 Å². The number of carbonyl (C=O) groups is 1. The van der Waals surface area contributed by atoms with E-state index < -0.39 is 0 Å². The Labute approximate surface area is 164 Å². The summed E-state index contributed by atoms with van der Waals surface area (Å²) < 4.78 is 5.32. The highest BCUT2D eigenvalue weighted by Crippen LogP contribution is 2.14. The zero-order valence-electron chi connectivity index (χ0n) is 18.5. The van der Waals surface area contributed by atoms with Crippen molar-refractivity contribution in [1.82, 2.24) is 0 Å². The Morgan fingerprint density at radius 1 is 0.577 bits per heavy atom. The second-order valence-electron chi connectivity index (χ2n) is 8.93. The second-order valence-corrected chi connectivity index (χ2v) is 8.93. The molecule has 0 aromatic heterocycles. The average Bonchev–Trinajstić information content (AvgIpc) is 2.58. The molecule has 0 spiro atoms. The van der Waals surface area contributed by atoms with Gasteiger partial charge in [0.2, 0.25) is 0 Å². The predicted octanol–water partition coefficient (Wildman–Crippen LogP) is 8.08. The lowest BCUT2D eigenvalue weighted by atomic mass is 10.0. The summed E-state index contributed by atoms with van der Waals surface area (Å²) in [5, 5.41) is 0. The quantitative estimate of drug-likeness (QED) is 0.170. The summed E-state index contributed by atoms with van der Waals surface area (Å²) in [6, 6.07) is 0. The molecule has 0 atom stereocenters. The van der Waals surface area contributed by atoms with Crippen LogP contribution in [0.15, 0.2) is 0 Å². The van der Waals surface area contributed by atoms with E-state index in [4.69, 9.17) is 4.74 Å². The first-order valence-electron chi connectivity index (χ1n) is 11.7. The number of rotatable bonds is 19. The van der Waals surface area contributed by atoms with Crippen LogP contribution in [-0.4, -0.2) is 12.6 Å². The van der Waals surface area contributed by atoms with Gasteiger partial charge in [-0.2, -0.15) is 0 Å². The van der Waals surface area contributed by atoms with Crippen LogP contribution in [0, 0.1) is 11.8 Å². The number of hydrogen-bond acceptors (Lipinski definition) is 2. The van der Waals surface area contributed by atoms with Crippen molar-refractivity contribution in [3.8, 4) is 0 Å². The Balaban J connectivity index is 3.16. The first-order chi connectivity index (χ1) is 12.5. The van der Waals surface area contributed by atoms with Crippen molar-refractivity contribution in [2.45, 2.75) is 130 Å². The molecule has 0 rings (SSSR count). The van der Waals surface area contributed by atoms with Crippen LogP contribution in [0.3, 0.4) is 0 Å². The molecule has 0 saturated carbocycles. The third-order valence-corrected chi connectivity index (χ3v) is 5.10. The van der Waals surface area contributed by atoms with E-state index in [-0.39, 0.29) is 5.97 Å². The smallest absolute Gasteiger partial charge is 0.305 e. The van der Waals surface area contributed by atoms with Crippen LogP contribution < -0.4 is 0 Å². The van der Waals surface area contributed by atoms with Gasteiger partial charge in [0.1, 0.15) is 0 Å². The fraction of sp³-hybridized carbons (Fsp3) is 0.958. The lowest BCUT2D eigenvalue weighted by Gasteiger charge is -2.06. The number of ether oxygens (including phenoxy) is 1. The summed E-state index contributed by atoms with van der Waals surface area (Å²) in [7, 11) is 0. The predicted molar refractivity (Wildman–Crippen MR) is 115 cm³/mol. The highest BCUT2D eigenvalue weighted by molar-refractivity contribution is 5.69. The molecule has 0 fully saturated rings. The van der Waals surface area contributed by atoms with Gasteiger partial charge >= 0.3 is 5.97 Å². The summed E-state index contributed by atoms with van der Waals surface area (Å²) in [6.45, 7) is 9.77. The van der Waals surface area contributed by atoms with E-state index >= 15 is 0 Å². The van der Waals surface area contributed by atoms with E-state index in [1.807, 2.05) is 0 Å². The molecule has 0 radical (unpaired) electrons. The maximum Gasteiger partial charge on any atom is 0.305 e. The summed E-state index contributed by atoms with van der Waals surface area (Å²) in [5.41, 5.74) is 0. The van der Waals surface area contributed by atoms with E-state index in [0.717, 1.165) is 24.7 Å². The molecule has 0 N–H and O–H groups in total. The zero-order chi connectivity index (χ0) is 19.5. The molecule has 2 heteroatoms. The van der Waals surface area contributed by atoms with E-state index in [2.05, 4.69) is 27.7 Å². The number of unbranched alkanes of at least 4 members (excludes halogenated alkanes) is 11. The van der Waals surface area contributed by atoms with Gasteiger partial charge in [0, 0.05) is 6.42 Å². The molecule has 0 aliphatic heterocycles. The van der Waals surface area contributed by atoms with Gasteiger partial charge in [0.05, 0.1) is 6.61 Å². The highest BCUT2D eigenvalue weighted by Gasteiger charge is 2.03. The summed E-state index contributed by atoms with van der Waals surface area (Å²) in [4.78, 5) is 11.7.